The van der Waals surface area contributed by atoms with Crippen molar-refractivity contribution < 1.29 is 9.15 Å². The van der Waals surface area contributed by atoms with E-state index in [2.05, 4.69) is 56.6 Å². The third-order valence-corrected chi connectivity index (χ3v) is 4.10. The molecule has 0 atom stereocenters. The Kier molecular flexibility index (Phi) is 5.62. The Morgan fingerprint density at radius 2 is 2.14 bits per heavy atom. The average molecular weight is 307 g/mol. The Bertz CT molecular complexity index is 538. The summed E-state index contributed by atoms with van der Waals surface area (Å²) in [4.78, 5) is 1.36. The van der Waals surface area contributed by atoms with Gasteiger partial charge in [-0.3, -0.25) is 0 Å². The minimum atomic E-state index is 0.0938. The standard InChI is InChI=1S/C17H25NO2S/c1-13-10-14(20-16(13)11-18-17(2,3)4)12-19-8-7-15-6-5-9-21-15/h5-6,9-10,18H,7-8,11-12H2,1-4H3. The molecule has 0 saturated heterocycles. The monoisotopic (exact) mass is 307 g/mol. The Hall–Kier alpha value is -1.10. The quantitative estimate of drug-likeness (QED) is 0.775. The molecule has 4 heteroatoms. The number of rotatable bonds is 7. The molecule has 0 unspecified atom stereocenters. The van der Waals surface area contributed by atoms with Crippen LogP contribution in [0.4, 0.5) is 0 Å². The molecule has 0 saturated carbocycles. The molecule has 0 aliphatic heterocycles. The summed E-state index contributed by atoms with van der Waals surface area (Å²) in [5.74, 6) is 1.91. The fourth-order valence-electron chi connectivity index (χ4n) is 1.98. The molecule has 0 amide bonds. The summed E-state index contributed by atoms with van der Waals surface area (Å²) in [6, 6.07) is 6.29. The molecule has 2 aromatic heterocycles. The van der Waals surface area contributed by atoms with Crippen molar-refractivity contribution in [3.63, 3.8) is 0 Å². The number of hydrogen-bond acceptors (Lipinski definition) is 4. The molecule has 3 nitrogen and oxygen atoms in total. The lowest BCUT2D eigenvalue weighted by atomic mass is 10.1. The van der Waals surface area contributed by atoms with Gasteiger partial charge in [-0.25, -0.2) is 0 Å². The lowest BCUT2D eigenvalue weighted by Gasteiger charge is -2.19. The highest BCUT2D eigenvalue weighted by Gasteiger charge is 2.13. The Morgan fingerprint density at radius 3 is 2.81 bits per heavy atom. The van der Waals surface area contributed by atoms with Crippen LogP contribution in [0.2, 0.25) is 0 Å². The summed E-state index contributed by atoms with van der Waals surface area (Å²) in [7, 11) is 0. The van der Waals surface area contributed by atoms with Crippen LogP contribution in [0.1, 0.15) is 42.7 Å². The SMILES string of the molecule is Cc1cc(COCCc2cccs2)oc1CNC(C)(C)C. The van der Waals surface area contributed by atoms with E-state index in [1.807, 2.05) is 0 Å². The number of hydrogen-bond donors (Lipinski definition) is 1. The average Bonchev–Trinajstić information content (AvgIpc) is 3.01. The number of furan rings is 1. The molecule has 0 radical (unpaired) electrons. The van der Waals surface area contributed by atoms with Crippen LogP contribution in [0.5, 0.6) is 0 Å². The van der Waals surface area contributed by atoms with Crippen LogP contribution in [0.15, 0.2) is 28.0 Å². The fraction of sp³-hybridized carbons (Fsp3) is 0.529. The predicted octanol–water partition coefficient (Wildman–Crippen LogP) is 4.30. The molecule has 2 heterocycles. The van der Waals surface area contributed by atoms with E-state index in [0.717, 1.165) is 31.1 Å². The van der Waals surface area contributed by atoms with E-state index in [1.165, 1.54) is 10.4 Å². The van der Waals surface area contributed by atoms with Crippen molar-refractivity contribution in [2.75, 3.05) is 6.61 Å². The van der Waals surface area contributed by atoms with Gasteiger partial charge in [0.25, 0.3) is 0 Å². The third-order valence-electron chi connectivity index (χ3n) is 3.17. The fourth-order valence-corrected chi connectivity index (χ4v) is 2.67. The third kappa shape index (κ3) is 5.65. The Balaban J connectivity index is 1.76. The highest BCUT2D eigenvalue weighted by Crippen LogP contribution is 2.17. The van der Waals surface area contributed by atoms with Crippen molar-refractivity contribution in [2.45, 2.75) is 52.8 Å². The van der Waals surface area contributed by atoms with Gasteiger partial charge < -0.3 is 14.5 Å². The molecule has 0 fully saturated rings. The molecule has 2 aromatic rings. The summed E-state index contributed by atoms with van der Waals surface area (Å²) < 4.78 is 11.6. The molecule has 0 aliphatic carbocycles. The van der Waals surface area contributed by atoms with Gasteiger partial charge in [-0.2, -0.15) is 0 Å². The van der Waals surface area contributed by atoms with Crippen molar-refractivity contribution in [3.05, 3.63) is 45.5 Å². The van der Waals surface area contributed by atoms with E-state index in [9.17, 15) is 0 Å². The van der Waals surface area contributed by atoms with Crippen molar-refractivity contribution >= 4 is 11.3 Å². The first kappa shape index (κ1) is 16.3. The molecule has 0 aromatic carbocycles. The second-order valence-electron chi connectivity index (χ2n) is 6.30. The molecule has 21 heavy (non-hydrogen) atoms. The maximum atomic E-state index is 5.86. The summed E-state index contributed by atoms with van der Waals surface area (Å²) in [5.41, 5.74) is 1.28. The Labute approximate surface area is 131 Å². The van der Waals surface area contributed by atoms with Gasteiger partial charge in [0.05, 0.1) is 13.2 Å². The number of ether oxygens (including phenoxy) is 1. The molecule has 0 aliphatic rings. The summed E-state index contributed by atoms with van der Waals surface area (Å²) >= 11 is 1.77. The van der Waals surface area contributed by atoms with Crippen molar-refractivity contribution in [2.24, 2.45) is 0 Å². The van der Waals surface area contributed by atoms with Crippen LogP contribution in [0.3, 0.4) is 0 Å². The maximum Gasteiger partial charge on any atom is 0.130 e. The molecular weight excluding hydrogens is 282 g/mol. The maximum absolute atomic E-state index is 5.86. The first-order chi connectivity index (χ1) is 9.94. The highest BCUT2D eigenvalue weighted by molar-refractivity contribution is 7.09. The van der Waals surface area contributed by atoms with Crippen LogP contribution >= 0.6 is 11.3 Å². The topological polar surface area (TPSA) is 34.4 Å². The summed E-state index contributed by atoms with van der Waals surface area (Å²) in [6.07, 6.45) is 0.968. The first-order valence-corrected chi connectivity index (χ1v) is 8.25. The van der Waals surface area contributed by atoms with Crippen LogP contribution < -0.4 is 5.32 Å². The normalized spacial score (nSPS) is 12.0. The van der Waals surface area contributed by atoms with E-state index >= 15 is 0 Å². The van der Waals surface area contributed by atoms with Gasteiger partial charge in [0.15, 0.2) is 0 Å². The smallest absolute Gasteiger partial charge is 0.130 e. The van der Waals surface area contributed by atoms with Gasteiger partial charge >= 0.3 is 0 Å². The van der Waals surface area contributed by atoms with E-state index in [4.69, 9.17) is 9.15 Å². The van der Waals surface area contributed by atoms with Gasteiger partial charge in [0, 0.05) is 16.8 Å². The van der Waals surface area contributed by atoms with Crippen LogP contribution in [-0.4, -0.2) is 12.1 Å². The zero-order valence-corrected chi connectivity index (χ0v) is 14.2. The van der Waals surface area contributed by atoms with E-state index in [1.54, 1.807) is 11.3 Å². The van der Waals surface area contributed by atoms with E-state index in [-0.39, 0.29) is 5.54 Å². The zero-order valence-electron chi connectivity index (χ0n) is 13.4. The zero-order chi connectivity index (χ0) is 15.3. The molecular formula is C17H25NO2S. The van der Waals surface area contributed by atoms with Crippen LogP contribution in [0, 0.1) is 6.92 Å². The minimum absolute atomic E-state index is 0.0938. The molecule has 2 rings (SSSR count). The number of thiophene rings is 1. The molecule has 116 valence electrons. The second-order valence-corrected chi connectivity index (χ2v) is 7.34. The lowest BCUT2D eigenvalue weighted by molar-refractivity contribution is 0.108. The molecule has 0 bridgehead atoms. The first-order valence-electron chi connectivity index (χ1n) is 7.37. The summed E-state index contributed by atoms with van der Waals surface area (Å²) in [5, 5.41) is 5.54. The van der Waals surface area contributed by atoms with E-state index < -0.39 is 0 Å². The van der Waals surface area contributed by atoms with Crippen LogP contribution in [-0.2, 0) is 24.3 Å². The predicted molar refractivity (Wildman–Crippen MR) is 87.7 cm³/mol. The largest absolute Gasteiger partial charge is 0.462 e. The highest BCUT2D eigenvalue weighted by atomic mass is 32.1. The van der Waals surface area contributed by atoms with Crippen molar-refractivity contribution in [1.82, 2.24) is 5.32 Å². The summed E-state index contributed by atoms with van der Waals surface area (Å²) in [6.45, 7) is 10.6. The van der Waals surface area contributed by atoms with Gasteiger partial charge in [-0.15, -0.1) is 11.3 Å². The molecule has 1 N–H and O–H groups in total. The number of nitrogens with one attached hydrogen (secondary N) is 1. The van der Waals surface area contributed by atoms with E-state index in [0.29, 0.717) is 6.61 Å². The molecule has 0 spiro atoms. The van der Waals surface area contributed by atoms with Gasteiger partial charge in [0.1, 0.15) is 18.1 Å². The number of aryl methyl sites for hydroxylation is 1. The lowest BCUT2D eigenvalue weighted by Crippen LogP contribution is -2.35. The van der Waals surface area contributed by atoms with Gasteiger partial charge in [-0.05, 0) is 50.8 Å². The van der Waals surface area contributed by atoms with Crippen molar-refractivity contribution in [3.8, 4) is 0 Å². The van der Waals surface area contributed by atoms with Crippen LogP contribution in [0.25, 0.3) is 0 Å². The second kappa shape index (κ2) is 7.25. The van der Waals surface area contributed by atoms with Crippen molar-refractivity contribution in [1.29, 1.82) is 0 Å². The Morgan fingerprint density at radius 1 is 1.33 bits per heavy atom. The van der Waals surface area contributed by atoms with Gasteiger partial charge in [0.2, 0.25) is 0 Å². The minimum Gasteiger partial charge on any atom is -0.462 e. The van der Waals surface area contributed by atoms with Gasteiger partial charge in [-0.1, -0.05) is 6.07 Å².